The van der Waals surface area contributed by atoms with Gasteiger partial charge in [-0.05, 0) is 17.4 Å². The summed E-state index contributed by atoms with van der Waals surface area (Å²) in [5.74, 6) is -0.200. The van der Waals surface area contributed by atoms with E-state index >= 15 is 0 Å². The molecule has 1 aromatic rings. The van der Waals surface area contributed by atoms with Crippen LogP contribution in [0.4, 0.5) is 0 Å². The largest absolute Gasteiger partial charge is 0.391 e. The molecule has 20 heavy (non-hydrogen) atoms. The van der Waals surface area contributed by atoms with Crippen molar-refractivity contribution in [1.82, 2.24) is 5.32 Å². The number of carbonyl (C=O) groups is 1. The molecular weight excluding hydrogens is 254 g/mol. The number of aliphatic hydroxyl groups is 1. The van der Waals surface area contributed by atoms with Crippen LogP contribution in [0.2, 0.25) is 0 Å². The van der Waals surface area contributed by atoms with Gasteiger partial charge in [0.05, 0.1) is 12.7 Å². The Balaban J connectivity index is 2.14. The van der Waals surface area contributed by atoms with Crippen molar-refractivity contribution in [2.45, 2.75) is 39.9 Å². The highest BCUT2D eigenvalue weighted by Crippen LogP contribution is 2.20. The average Bonchev–Trinajstić information content (AvgIpc) is 2.36. The summed E-state index contributed by atoms with van der Waals surface area (Å²) in [6.45, 7) is 6.86. The molecule has 0 saturated carbocycles. The van der Waals surface area contributed by atoms with Crippen molar-refractivity contribution in [2.24, 2.45) is 5.41 Å². The number of rotatable bonds is 7. The number of hydrogen-bond donors (Lipinski definition) is 2. The van der Waals surface area contributed by atoms with E-state index in [4.69, 9.17) is 4.74 Å². The molecule has 0 bridgehead atoms. The van der Waals surface area contributed by atoms with Crippen LogP contribution in [0, 0.1) is 5.41 Å². The zero-order valence-electron chi connectivity index (χ0n) is 12.6. The van der Waals surface area contributed by atoms with Crippen LogP contribution >= 0.6 is 0 Å². The number of nitrogens with one attached hydrogen (secondary N) is 1. The minimum Gasteiger partial charge on any atom is -0.391 e. The first-order valence-electron chi connectivity index (χ1n) is 6.93. The minimum absolute atomic E-state index is 0.0110. The van der Waals surface area contributed by atoms with Crippen LogP contribution in [-0.4, -0.2) is 30.3 Å². The molecule has 4 nitrogen and oxygen atoms in total. The molecule has 1 amide bonds. The minimum atomic E-state index is -0.520. The van der Waals surface area contributed by atoms with Crippen molar-refractivity contribution in [1.29, 1.82) is 0 Å². The monoisotopic (exact) mass is 279 g/mol. The summed E-state index contributed by atoms with van der Waals surface area (Å²) in [7, 11) is 0. The zero-order valence-corrected chi connectivity index (χ0v) is 12.6. The van der Waals surface area contributed by atoms with Gasteiger partial charge in [-0.15, -0.1) is 0 Å². The van der Waals surface area contributed by atoms with E-state index in [-0.39, 0.29) is 24.5 Å². The van der Waals surface area contributed by atoms with Gasteiger partial charge in [-0.25, -0.2) is 0 Å². The van der Waals surface area contributed by atoms with Crippen LogP contribution < -0.4 is 5.32 Å². The summed E-state index contributed by atoms with van der Waals surface area (Å²) in [6.07, 6.45) is 0.131. The van der Waals surface area contributed by atoms with Crippen molar-refractivity contribution >= 4 is 5.91 Å². The summed E-state index contributed by atoms with van der Waals surface area (Å²) < 4.78 is 5.32. The van der Waals surface area contributed by atoms with E-state index < -0.39 is 6.10 Å². The Morgan fingerprint density at radius 3 is 2.55 bits per heavy atom. The van der Waals surface area contributed by atoms with Crippen molar-refractivity contribution in [3.8, 4) is 0 Å². The Labute approximate surface area is 121 Å². The molecule has 1 rings (SSSR count). The maximum absolute atomic E-state index is 11.6. The van der Waals surface area contributed by atoms with Crippen molar-refractivity contribution in [3.05, 3.63) is 35.9 Å². The molecule has 2 N–H and O–H groups in total. The number of ether oxygens (including phenoxy) is 1. The van der Waals surface area contributed by atoms with Gasteiger partial charge in [0.15, 0.2) is 0 Å². The standard InChI is InChI=1S/C16H25NO3/c1-16(2,3)9-14(18)10-17-15(19)12-20-11-13-7-5-4-6-8-13/h4-8,14,18H,9-12H2,1-3H3,(H,17,19). The summed E-state index contributed by atoms with van der Waals surface area (Å²) in [6, 6.07) is 9.70. The third-order valence-corrected chi connectivity index (χ3v) is 2.73. The van der Waals surface area contributed by atoms with E-state index in [1.165, 1.54) is 0 Å². The van der Waals surface area contributed by atoms with E-state index in [0.717, 1.165) is 5.56 Å². The number of amides is 1. The molecule has 4 heteroatoms. The Morgan fingerprint density at radius 2 is 1.95 bits per heavy atom. The van der Waals surface area contributed by atoms with Gasteiger partial charge in [0.25, 0.3) is 0 Å². The van der Waals surface area contributed by atoms with Gasteiger partial charge in [0.2, 0.25) is 5.91 Å². The second-order valence-electron chi connectivity index (χ2n) is 6.20. The summed E-state index contributed by atoms with van der Waals surface area (Å²) in [4.78, 5) is 11.6. The van der Waals surface area contributed by atoms with Crippen LogP contribution in [0.3, 0.4) is 0 Å². The number of carbonyl (C=O) groups excluding carboxylic acids is 1. The Hall–Kier alpha value is -1.39. The van der Waals surface area contributed by atoms with E-state index in [1.807, 2.05) is 30.3 Å². The lowest BCUT2D eigenvalue weighted by Crippen LogP contribution is -2.36. The third kappa shape index (κ3) is 7.92. The Morgan fingerprint density at radius 1 is 1.30 bits per heavy atom. The SMILES string of the molecule is CC(C)(C)CC(O)CNC(=O)COCc1ccccc1. The normalized spacial score (nSPS) is 13.0. The molecule has 0 aliphatic rings. The first-order chi connectivity index (χ1) is 9.37. The molecule has 0 aliphatic carbocycles. The molecule has 0 radical (unpaired) electrons. The number of aliphatic hydroxyl groups excluding tert-OH is 1. The fourth-order valence-corrected chi connectivity index (χ4v) is 1.90. The predicted octanol–water partition coefficient (Wildman–Crippen LogP) is 2.12. The zero-order chi connectivity index (χ0) is 15.0. The number of benzene rings is 1. The molecule has 1 unspecified atom stereocenters. The lowest BCUT2D eigenvalue weighted by molar-refractivity contribution is -0.126. The van der Waals surface area contributed by atoms with Gasteiger partial charge in [0.1, 0.15) is 6.61 Å². The summed E-state index contributed by atoms with van der Waals surface area (Å²) in [5, 5.41) is 12.5. The second kappa shape index (κ2) is 8.02. The lowest BCUT2D eigenvalue weighted by Gasteiger charge is -2.22. The molecule has 0 aliphatic heterocycles. The van der Waals surface area contributed by atoms with Crippen LogP contribution in [-0.2, 0) is 16.1 Å². The fraction of sp³-hybridized carbons (Fsp3) is 0.562. The molecule has 0 spiro atoms. The molecule has 1 aromatic carbocycles. The van der Waals surface area contributed by atoms with Crippen LogP contribution in [0.15, 0.2) is 30.3 Å². The highest BCUT2D eigenvalue weighted by atomic mass is 16.5. The van der Waals surface area contributed by atoms with E-state index in [1.54, 1.807) is 0 Å². The third-order valence-electron chi connectivity index (χ3n) is 2.73. The van der Waals surface area contributed by atoms with Gasteiger partial charge in [-0.3, -0.25) is 4.79 Å². The highest BCUT2D eigenvalue weighted by Gasteiger charge is 2.17. The topological polar surface area (TPSA) is 58.6 Å². The maximum atomic E-state index is 11.6. The molecule has 112 valence electrons. The average molecular weight is 279 g/mol. The first kappa shape index (κ1) is 16.7. The Kier molecular flexibility index (Phi) is 6.68. The van der Waals surface area contributed by atoms with Gasteiger partial charge < -0.3 is 15.2 Å². The fourth-order valence-electron chi connectivity index (χ4n) is 1.90. The van der Waals surface area contributed by atoms with Crippen LogP contribution in [0.1, 0.15) is 32.8 Å². The van der Waals surface area contributed by atoms with E-state index in [0.29, 0.717) is 13.0 Å². The molecule has 1 atom stereocenters. The second-order valence-corrected chi connectivity index (χ2v) is 6.20. The lowest BCUT2D eigenvalue weighted by atomic mass is 9.89. The van der Waals surface area contributed by atoms with E-state index in [2.05, 4.69) is 26.1 Å². The van der Waals surface area contributed by atoms with Crippen LogP contribution in [0.25, 0.3) is 0 Å². The maximum Gasteiger partial charge on any atom is 0.246 e. The summed E-state index contributed by atoms with van der Waals surface area (Å²) >= 11 is 0. The number of hydrogen-bond acceptors (Lipinski definition) is 3. The smallest absolute Gasteiger partial charge is 0.246 e. The highest BCUT2D eigenvalue weighted by molar-refractivity contribution is 5.77. The van der Waals surface area contributed by atoms with Crippen molar-refractivity contribution in [3.63, 3.8) is 0 Å². The first-order valence-corrected chi connectivity index (χ1v) is 6.93. The van der Waals surface area contributed by atoms with Gasteiger partial charge in [-0.2, -0.15) is 0 Å². The quantitative estimate of drug-likeness (QED) is 0.803. The van der Waals surface area contributed by atoms with Gasteiger partial charge >= 0.3 is 0 Å². The van der Waals surface area contributed by atoms with Crippen molar-refractivity contribution < 1.29 is 14.6 Å². The Bertz CT molecular complexity index is 398. The summed E-state index contributed by atoms with van der Waals surface area (Å²) in [5.41, 5.74) is 1.08. The molecule has 0 saturated heterocycles. The molecule has 0 heterocycles. The predicted molar refractivity (Wildman–Crippen MR) is 79.2 cm³/mol. The van der Waals surface area contributed by atoms with Gasteiger partial charge in [-0.1, -0.05) is 51.1 Å². The van der Waals surface area contributed by atoms with E-state index in [9.17, 15) is 9.90 Å². The molecular formula is C16H25NO3. The van der Waals surface area contributed by atoms with Gasteiger partial charge in [0, 0.05) is 6.54 Å². The van der Waals surface area contributed by atoms with Crippen molar-refractivity contribution in [2.75, 3.05) is 13.2 Å². The molecule has 0 aromatic heterocycles. The van der Waals surface area contributed by atoms with Crippen LogP contribution in [0.5, 0.6) is 0 Å². The molecule has 0 fully saturated rings.